The van der Waals surface area contributed by atoms with Gasteiger partial charge in [0.15, 0.2) is 0 Å². The second kappa shape index (κ2) is 30.7. The van der Waals surface area contributed by atoms with Crippen LogP contribution in [0.25, 0.3) is 0 Å². The van der Waals surface area contributed by atoms with E-state index in [1.165, 1.54) is 154 Å². The molecule has 0 aromatic heterocycles. The molecule has 0 atom stereocenters. The fourth-order valence-corrected chi connectivity index (χ4v) is 4.95. The van der Waals surface area contributed by atoms with Crippen molar-refractivity contribution in [2.24, 2.45) is 0 Å². The Morgan fingerprint density at radius 1 is 0.455 bits per heavy atom. The molecule has 0 heterocycles. The molecule has 0 spiro atoms. The van der Waals surface area contributed by atoms with Crippen molar-refractivity contribution < 1.29 is 17.1 Å². The van der Waals surface area contributed by atoms with Crippen LogP contribution in [0.4, 0.5) is 0 Å². The Bertz CT molecular complexity index is 351. The van der Waals surface area contributed by atoms with Crippen LogP contribution in [0.1, 0.15) is 168 Å². The van der Waals surface area contributed by atoms with E-state index in [9.17, 15) is 0 Å². The summed E-state index contributed by atoms with van der Waals surface area (Å²) < 4.78 is 0.691. The van der Waals surface area contributed by atoms with Crippen LogP contribution in [0.3, 0.4) is 0 Å². The molecule has 0 fully saturated rings. The van der Waals surface area contributed by atoms with Gasteiger partial charge in [-0.05, 0) is 12.8 Å². The molecule has 0 aliphatic rings. The summed E-state index contributed by atoms with van der Waals surface area (Å²) in [4.78, 5) is 2.29. The summed E-state index contributed by atoms with van der Waals surface area (Å²) in [5.41, 5.74) is 0. The van der Waals surface area contributed by atoms with Gasteiger partial charge in [-0.25, -0.2) is 0 Å². The Morgan fingerprint density at radius 3 is 0.879 bits per heavy atom. The number of nitrogens with zero attached hydrogens (tertiary/aromatic N) is 1. The maximum absolute atomic E-state index is 5.33. The van der Waals surface area contributed by atoms with E-state index in [0.717, 1.165) is 13.1 Å². The Kier molecular flexibility index (Phi) is 33.3. The van der Waals surface area contributed by atoms with E-state index >= 15 is 0 Å². The van der Waals surface area contributed by atoms with Gasteiger partial charge in [0.2, 0.25) is 0 Å². The van der Waals surface area contributed by atoms with Gasteiger partial charge in [-0.15, -0.1) is 0 Å². The first kappa shape index (κ1) is 35.8. The molecule has 0 rings (SSSR count). The molecule has 0 aliphatic carbocycles. The second-order valence-corrected chi connectivity index (χ2v) is 11.1. The molecule has 0 radical (unpaired) electrons. The van der Waals surface area contributed by atoms with Crippen LogP contribution < -0.4 is 0 Å². The molecule has 0 aliphatic heterocycles. The van der Waals surface area contributed by atoms with Crippen LogP contribution in [-0.2, 0) is 29.7 Å². The zero-order valence-corrected chi connectivity index (χ0v) is 25.0. The van der Waals surface area contributed by atoms with Crippen LogP contribution in [0, 0.1) is 0 Å². The third kappa shape index (κ3) is 28.8. The van der Waals surface area contributed by atoms with Gasteiger partial charge in [0, 0.05) is 13.1 Å². The van der Waals surface area contributed by atoms with Crippen molar-refractivity contribution in [1.29, 1.82) is 0 Å². The Morgan fingerprint density at radius 2 is 0.667 bits per heavy atom. The minimum atomic E-state index is 0. The minimum absolute atomic E-state index is 0. The third-order valence-electron chi connectivity index (χ3n) is 6.82. The topological polar surface area (TPSA) is 3.24 Å². The molecule has 0 aromatic carbocycles. The molecule has 4 heteroatoms. The molecule has 202 valence electrons. The third-order valence-corrected chi connectivity index (χ3v) is 7.34. The molecule has 0 unspecified atom stereocenters. The van der Waals surface area contributed by atoms with Crippen molar-refractivity contribution in [2.75, 3.05) is 13.1 Å². The number of hydrogen-bond donors (Lipinski definition) is 0. The Hall–Kier alpha value is 0.629. The zero-order chi connectivity index (χ0) is 23.5. The molecule has 0 aromatic rings. The maximum Gasteiger partial charge on any atom is 1.00 e. The normalized spacial score (nSPS) is 10.8. The van der Waals surface area contributed by atoms with Gasteiger partial charge >= 0.3 is 17.1 Å². The second-order valence-electron chi connectivity index (χ2n) is 10.0. The summed E-state index contributed by atoms with van der Waals surface area (Å²) in [6.07, 6.45) is 33.6. The first-order valence-electron chi connectivity index (χ1n) is 14.7. The van der Waals surface area contributed by atoms with E-state index in [1.54, 1.807) is 0 Å². The van der Waals surface area contributed by atoms with Gasteiger partial charge in [-0.2, -0.15) is 0 Å². The molecular weight excluding hydrogens is 490 g/mol. The molecule has 0 bridgehead atoms. The van der Waals surface area contributed by atoms with Crippen LogP contribution in [0.2, 0.25) is 0 Å². The van der Waals surface area contributed by atoms with Crippen LogP contribution in [0.15, 0.2) is 0 Å². The summed E-state index contributed by atoms with van der Waals surface area (Å²) in [6.45, 7) is 6.75. The monoisotopic (exact) mass is 547 g/mol. The van der Waals surface area contributed by atoms with Crippen LogP contribution in [0.5, 0.6) is 0 Å². The molecule has 0 amide bonds. The van der Waals surface area contributed by atoms with Crippen molar-refractivity contribution in [1.82, 2.24) is 4.90 Å². The minimum Gasteiger partial charge on any atom is -0.411 e. The largest absolute Gasteiger partial charge is 1.00 e. The van der Waals surface area contributed by atoms with Crippen molar-refractivity contribution in [3.05, 3.63) is 0 Å². The standard InChI is InChI=1S/C29H59NS2.Cu/c1-3-5-7-9-11-13-15-17-19-21-23-25-27-30(29(31)32)28-26-24-22-20-18-16-14-12-10-8-6-4-2;/h3-28H2,1-2H3,(H,31,32);/q;+1/p-1. The van der Waals surface area contributed by atoms with Gasteiger partial charge in [0.25, 0.3) is 0 Å². The van der Waals surface area contributed by atoms with Gasteiger partial charge in [-0.1, -0.05) is 159 Å². The average molecular weight is 548 g/mol. The number of thiocarbonyl (C=S) groups is 1. The first-order valence-corrected chi connectivity index (χ1v) is 15.5. The number of rotatable bonds is 26. The Labute approximate surface area is 231 Å². The van der Waals surface area contributed by atoms with Gasteiger partial charge < -0.3 is 29.7 Å². The zero-order valence-electron chi connectivity index (χ0n) is 22.4. The quantitative estimate of drug-likeness (QED) is 0.0458. The molecule has 1 nitrogen and oxygen atoms in total. The van der Waals surface area contributed by atoms with Crippen molar-refractivity contribution in [3.63, 3.8) is 0 Å². The van der Waals surface area contributed by atoms with Gasteiger partial charge in [0.1, 0.15) is 0 Å². The maximum atomic E-state index is 5.33. The summed E-state index contributed by atoms with van der Waals surface area (Å²) in [6, 6.07) is 0. The summed E-state index contributed by atoms with van der Waals surface area (Å²) in [5, 5.41) is 0. The van der Waals surface area contributed by atoms with E-state index in [1.807, 2.05) is 0 Å². The van der Waals surface area contributed by atoms with E-state index in [-0.39, 0.29) is 17.1 Å². The van der Waals surface area contributed by atoms with Crippen LogP contribution in [-0.4, -0.2) is 22.3 Å². The predicted octanol–water partition coefficient (Wildman–Crippen LogP) is 10.5. The van der Waals surface area contributed by atoms with E-state index in [0.29, 0.717) is 4.32 Å². The smallest absolute Gasteiger partial charge is 0.411 e. The molecule has 0 saturated heterocycles. The summed E-state index contributed by atoms with van der Waals surface area (Å²) >= 11 is 10.7. The molecule has 33 heavy (non-hydrogen) atoms. The fourth-order valence-electron chi connectivity index (χ4n) is 4.58. The SMILES string of the molecule is CCCCCCCCCCCCCCN(CCCCCCCCCCCCCC)C(=S)[S-].[Cu+]. The van der Waals surface area contributed by atoms with E-state index < -0.39 is 0 Å². The molecule has 0 N–H and O–H groups in total. The van der Waals surface area contributed by atoms with Gasteiger partial charge in [-0.3, -0.25) is 0 Å². The Balaban J connectivity index is 0. The molecular formula is C29H58CuNS2. The molecule has 0 saturated carbocycles. The number of unbranched alkanes of at least 4 members (excludes halogenated alkanes) is 22. The van der Waals surface area contributed by atoms with Crippen molar-refractivity contribution in [2.45, 2.75) is 168 Å². The predicted molar refractivity (Wildman–Crippen MR) is 154 cm³/mol. The van der Waals surface area contributed by atoms with E-state index in [2.05, 4.69) is 18.7 Å². The van der Waals surface area contributed by atoms with Crippen molar-refractivity contribution >= 4 is 29.2 Å². The number of hydrogen-bond acceptors (Lipinski definition) is 2. The van der Waals surface area contributed by atoms with Crippen molar-refractivity contribution in [3.8, 4) is 0 Å². The van der Waals surface area contributed by atoms with E-state index in [4.69, 9.17) is 24.8 Å². The fraction of sp³-hybridized carbons (Fsp3) is 0.966. The first-order chi connectivity index (χ1) is 15.7. The summed E-state index contributed by atoms with van der Waals surface area (Å²) in [7, 11) is 0. The van der Waals surface area contributed by atoms with Crippen LogP contribution >= 0.6 is 12.2 Å². The van der Waals surface area contributed by atoms with Gasteiger partial charge in [0.05, 0.1) is 0 Å². The summed E-state index contributed by atoms with van der Waals surface area (Å²) in [5.74, 6) is 0. The average Bonchev–Trinajstić information content (AvgIpc) is 2.78.